The monoisotopic (exact) mass is 389 g/mol. The summed E-state index contributed by atoms with van der Waals surface area (Å²) in [5.41, 5.74) is 2.28. The number of nitrogens with zero attached hydrogens (tertiary/aromatic N) is 2. The van der Waals surface area contributed by atoms with Crippen LogP contribution >= 0.6 is 35.0 Å². The lowest BCUT2D eigenvalue weighted by Gasteiger charge is -2.08. The van der Waals surface area contributed by atoms with Gasteiger partial charge in [-0.3, -0.25) is 4.79 Å². The van der Waals surface area contributed by atoms with Crippen LogP contribution in [0.25, 0.3) is 11.3 Å². The van der Waals surface area contributed by atoms with Crippen LogP contribution in [0.15, 0.2) is 65.7 Å². The fraction of sp³-hybridized carbons (Fsp3) is 0.0556. The van der Waals surface area contributed by atoms with E-state index in [0.717, 1.165) is 11.3 Å². The van der Waals surface area contributed by atoms with E-state index in [1.165, 1.54) is 11.8 Å². The van der Waals surface area contributed by atoms with Crippen molar-refractivity contribution < 1.29 is 4.79 Å². The minimum Gasteiger partial charge on any atom is -0.324 e. The molecule has 7 heteroatoms. The molecule has 4 nitrogen and oxygen atoms in total. The van der Waals surface area contributed by atoms with Crippen molar-refractivity contribution >= 4 is 46.6 Å². The Morgan fingerprint density at radius 3 is 2.48 bits per heavy atom. The van der Waals surface area contributed by atoms with Crippen LogP contribution in [0.1, 0.15) is 0 Å². The van der Waals surface area contributed by atoms with Crippen LogP contribution in [-0.4, -0.2) is 21.9 Å². The lowest BCUT2D eigenvalue weighted by molar-refractivity contribution is -0.113. The van der Waals surface area contributed by atoms with Crippen LogP contribution in [0, 0.1) is 0 Å². The fourth-order valence-corrected chi connectivity index (χ4v) is 3.05. The number of hydrogen-bond acceptors (Lipinski definition) is 4. The Hall–Kier alpha value is -2.08. The zero-order valence-corrected chi connectivity index (χ0v) is 15.3. The molecule has 1 aromatic heterocycles. The molecule has 1 heterocycles. The van der Waals surface area contributed by atoms with Gasteiger partial charge in [0.15, 0.2) is 0 Å². The second-order valence-corrected chi connectivity index (χ2v) is 6.84. The SMILES string of the molecule is O=C(CSc1ccc(-c2ccccc2)nn1)Nc1cccc(Cl)c1Cl. The van der Waals surface area contributed by atoms with Gasteiger partial charge in [-0.05, 0) is 24.3 Å². The van der Waals surface area contributed by atoms with Crippen LogP contribution < -0.4 is 5.32 Å². The zero-order chi connectivity index (χ0) is 17.6. The summed E-state index contributed by atoms with van der Waals surface area (Å²) >= 11 is 13.3. The third-order valence-corrected chi connectivity index (χ3v) is 5.03. The van der Waals surface area contributed by atoms with Crippen LogP contribution in [0.5, 0.6) is 0 Å². The van der Waals surface area contributed by atoms with Gasteiger partial charge in [-0.1, -0.05) is 71.4 Å². The van der Waals surface area contributed by atoms with Crippen molar-refractivity contribution in [3.8, 4) is 11.3 Å². The Kier molecular flexibility index (Phi) is 5.91. The van der Waals surface area contributed by atoms with Crippen molar-refractivity contribution in [1.82, 2.24) is 10.2 Å². The number of aromatic nitrogens is 2. The molecule has 0 saturated carbocycles. The maximum absolute atomic E-state index is 12.1. The van der Waals surface area contributed by atoms with E-state index in [2.05, 4.69) is 15.5 Å². The summed E-state index contributed by atoms with van der Waals surface area (Å²) < 4.78 is 0. The Balaban J connectivity index is 1.58. The Morgan fingerprint density at radius 2 is 1.76 bits per heavy atom. The molecule has 0 spiro atoms. The molecular formula is C18H13Cl2N3OS. The maximum atomic E-state index is 12.1. The fourth-order valence-electron chi connectivity index (χ4n) is 2.09. The van der Waals surface area contributed by atoms with Crippen molar-refractivity contribution in [2.24, 2.45) is 0 Å². The number of thioether (sulfide) groups is 1. The first-order valence-corrected chi connectivity index (χ1v) is 9.13. The van der Waals surface area contributed by atoms with Gasteiger partial charge in [0.2, 0.25) is 5.91 Å². The molecule has 3 rings (SSSR count). The first-order chi connectivity index (χ1) is 12.1. The van der Waals surface area contributed by atoms with Gasteiger partial charge in [-0.2, -0.15) is 0 Å². The van der Waals surface area contributed by atoms with E-state index in [1.807, 2.05) is 42.5 Å². The molecule has 0 aliphatic carbocycles. The molecule has 25 heavy (non-hydrogen) atoms. The number of halogens is 2. The standard InChI is InChI=1S/C18H13Cl2N3OS/c19-13-7-4-8-15(18(13)20)21-16(24)11-25-17-10-9-14(22-23-17)12-5-2-1-3-6-12/h1-10H,11H2,(H,21,24). The summed E-state index contributed by atoms with van der Waals surface area (Å²) in [5.74, 6) is 0.00506. The number of carbonyl (C=O) groups excluding carboxylic acids is 1. The quantitative estimate of drug-likeness (QED) is 0.610. The molecule has 0 saturated heterocycles. The third kappa shape index (κ3) is 4.72. The smallest absolute Gasteiger partial charge is 0.234 e. The normalized spacial score (nSPS) is 10.5. The highest BCUT2D eigenvalue weighted by Gasteiger charge is 2.09. The zero-order valence-electron chi connectivity index (χ0n) is 12.9. The Labute approximate surface area is 159 Å². The first kappa shape index (κ1) is 17.7. The van der Waals surface area contributed by atoms with Crippen molar-refractivity contribution in [3.05, 3.63) is 70.7 Å². The number of benzene rings is 2. The van der Waals surface area contributed by atoms with E-state index in [-0.39, 0.29) is 11.7 Å². The largest absolute Gasteiger partial charge is 0.324 e. The third-order valence-electron chi connectivity index (χ3n) is 3.29. The van der Waals surface area contributed by atoms with Crippen molar-refractivity contribution in [2.75, 3.05) is 11.1 Å². The van der Waals surface area contributed by atoms with E-state index in [9.17, 15) is 4.79 Å². The molecule has 0 aliphatic rings. The summed E-state index contributed by atoms with van der Waals surface area (Å²) in [4.78, 5) is 12.1. The van der Waals surface area contributed by atoms with Crippen LogP contribution in [-0.2, 0) is 4.79 Å². The Morgan fingerprint density at radius 1 is 0.960 bits per heavy atom. The second-order valence-electron chi connectivity index (χ2n) is 5.06. The molecule has 1 N–H and O–H groups in total. The molecule has 3 aromatic rings. The lowest BCUT2D eigenvalue weighted by Crippen LogP contribution is -2.14. The molecule has 0 radical (unpaired) electrons. The summed E-state index contributed by atoms with van der Waals surface area (Å²) in [6, 6.07) is 18.6. The highest BCUT2D eigenvalue weighted by atomic mass is 35.5. The van der Waals surface area contributed by atoms with E-state index in [0.29, 0.717) is 20.8 Å². The first-order valence-electron chi connectivity index (χ1n) is 7.39. The number of carbonyl (C=O) groups is 1. The molecule has 1 amide bonds. The maximum Gasteiger partial charge on any atom is 0.234 e. The predicted octanol–water partition coefficient (Wildman–Crippen LogP) is 5.18. The number of rotatable bonds is 5. The topological polar surface area (TPSA) is 54.9 Å². The van der Waals surface area contributed by atoms with E-state index in [1.54, 1.807) is 18.2 Å². The van der Waals surface area contributed by atoms with Gasteiger partial charge in [0, 0.05) is 5.56 Å². The highest BCUT2D eigenvalue weighted by Crippen LogP contribution is 2.29. The molecule has 0 fully saturated rings. The molecule has 0 unspecified atom stereocenters. The highest BCUT2D eigenvalue weighted by molar-refractivity contribution is 7.99. The number of amides is 1. The van der Waals surface area contributed by atoms with Crippen LogP contribution in [0.4, 0.5) is 5.69 Å². The Bertz CT molecular complexity index is 873. The van der Waals surface area contributed by atoms with E-state index >= 15 is 0 Å². The van der Waals surface area contributed by atoms with Crippen LogP contribution in [0.2, 0.25) is 10.0 Å². The van der Waals surface area contributed by atoms with Gasteiger partial charge >= 0.3 is 0 Å². The second kappa shape index (κ2) is 8.34. The summed E-state index contributed by atoms with van der Waals surface area (Å²) in [6.07, 6.45) is 0. The van der Waals surface area contributed by atoms with E-state index < -0.39 is 0 Å². The number of nitrogens with one attached hydrogen (secondary N) is 1. The number of anilines is 1. The minimum absolute atomic E-state index is 0.192. The van der Waals surface area contributed by atoms with Gasteiger partial charge < -0.3 is 5.32 Å². The minimum atomic E-state index is -0.192. The molecule has 126 valence electrons. The number of hydrogen-bond donors (Lipinski definition) is 1. The molecule has 0 aliphatic heterocycles. The molecule has 0 atom stereocenters. The van der Waals surface area contributed by atoms with Gasteiger partial charge in [0.1, 0.15) is 5.03 Å². The van der Waals surface area contributed by atoms with Crippen molar-refractivity contribution in [3.63, 3.8) is 0 Å². The van der Waals surface area contributed by atoms with Gasteiger partial charge in [0.05, 0.1) is 27.2 Å². The van der Waals surface area contributed by atoms with E-state index in [4.69, 9.17) is 23.2 Å². The summed E-state index contributed by atoms with van der Waals surface area (Å²) in [5, 5.41) is 12.5. The molecule has 0 bridgehead atoms. The predicted molar refractivity (Wildman–Crippen MR) is 103 cm³/mol. The van der Waals surface area contributed by atoms with Gasteiger partial charge in [-0.15, -0.1) is 10.2 Å². The van der Waals surface area contributed by atoms with Crippen molar-refractivity contribution in [1.29, 1.82) is 0 Å². The van der Waals surface area contributed by atoms with Crippen molar-refractivity contribution in [2.45, 2.75) is 5.03 Å². The lowest BCUT2D eigenvalue weighted by atomic mass is 10.1. The summed E-state index contributed by atoms with van der Waals surface area (Å²) in [7, 11) is 0. The summed E-state index contributed by atoms with van der Waals surface area (Å²) in [6.45, 7) is 0. The average molecular weight is 390 g/mol. The van der Waals surface area contributed by atoms with Crippen LogP contribution in [0.3, 0.4) is 0 Å². The molecular weight excluding hydrogens is 377 g/mol. The van der Waals surface area contributed by atoms with Gasteiger partial charge in [0.25, 0.3) is 0 Å². The molecule has 2 aromatic carbocycles. The average Bonchev–Trinajstić information content (AvgIpc) is 2.65. The van der Waals surface area contributed by atoms with Gasteiger partial charge in [-0.25, -0.2) is 0 Å².